The fourth-order valence-corrected chi connectivity index (χ4v) is 16.6. The Balaban J connectivity index is 0.000000374. The summed E-state index contributed by atoms with van der Waals surface area (Å²) in [7, 11) is -6.81. The Labute approximate surface area is 707 Å². The van der Waals surface area contributed by atoms with Crippen molar-refractivity contribution in [3.8, 4) is 46.0 Å². The number of aromatic nitrogens is 2. The van der Waals surface area contributed by atoms with Crippen LogP contribution in [0.3, 0.4) is 0 Å². The molecule has 0 saturated heterocycles. The van der Waals surface area contributed by atoms with Crippen LogP contribution in [0.25, 0.3) is 11.0 Å². The fraction of sp³-hybridized carbons (Fsp3) is 0.342. The number of rotatable bonds is 31. The van der Waals surface area contributed by atoms with Gasteiger partial charge in [-0.2, -0.15) is 4.39 Å². The fourth-order valence-electron chi connectivity index (χ4n) is 11.3. The molecule has 0 saturated carbocycles. The Kier molecular flexibility index (Phi) is 40.7. The quantitative estimate of drug-likeness (QED) is 0.0157. The molecular formula is C76H92Br4FN6O21S4W-. The van der Waals surface area contributed by atoms with Crippen molar-refractivity contribution < 1.29 is 107 Å². The zero-order valence-corrected chi connectivity index (χ0v) is 76.8. The van der Waals surface area contributed by atoms with E-state index in [1.165, 1.54) is 43.4 Å². The number of halogens is 5. The normalized spacial score (nSPS) is 12.2. The monoisotopic (exact) mass is 2070 g/mol. The van der Waals surface area contributed by atoms with Crippen LogP contribution in [0.4, 0.5) is 21.5 Å². The average molecular weight is 2080 g/mol. The molecule has 0 spiro atoms. The van der Waals surface area contributed by atoms with E-state index < -0.39 is 78.7 Å². The Morgan fingerprint density at radius 3 is 1.19 bits per heavy atom. The number of nitro benzene ring substituents is 2. The predicted octanol–water partition coefficient (Wildman–Crippen LogP) is 15.2. The molecule has 0 bridgehead atoms. The molecular weight excluding hydrogens is 1980 g/mol. The van der Waals surface area contributed by atoms with Crippen LogP contribution in [-0.4, -0.2) is 156 Å². The molecule has 0 aliphatic heterocycles. The third-order valence-electron chi connectivity index (χ3n) is 16.0. The number of ether oxygens (including phenoxy) is 8. The van der Waals surface area contributed by atoms with E-state index in [2.05, 4.69) is 68.7 Å². The zero-order valence-electron chi connectivity index (χ0n) is 64.2. The Bertz CT molecular complexity index is 5240. The number of aromatic amines is 1. The van der Waals surface area contributed by atoms with Gasteiger partial charge in [-0.3, -0.25) is 24.8 Å². The molecule has 37 heteroatoms. The Morgan fingerprint density at radius 1 is 0.460 bits per heavy atom. The number of benzene rings is 8. The first-order chi connectivity index (χ1) is 52.1. The van der Waals surface area contributed by atoms with E-state index >= 15 is 0 Å². The second kappa shape index (κ2) is 46.2. The second-order valence-electron chi connectivity index (χ2n) is 24.9. The number of anilines is 1. The van der Waals surface area contributed by atoms with E-state index in [9.17, 15) is 63.1 Å². The number of nitrogens with zero attached hydrogens (tertiary/aromatic N) is 3. The van der Waals surface area contributed by atoms with Gasteiger partial charge in [0.15, 0.2) is 46.0 Å². The Morgan fingerprint density at radius 2 is 0.805 bits per heavy atom. The van der Waals surface area contributed by atoms with E-state index in [0.717, 1.165) is 44.7 Å². The average Bonchev–Trinajstić information content (AvgIpc) is 1.63. The third kappa shape index (κ3) is 32.2. The number of H-pyrrole nitrogens is 1. The molecule has 0 unspecified atom stereocenters. The van der Waals surface area contributed by atoms with Crippen molar-refractivity contribution in [2.75, 3.05) is 109 Å². The van der Waals surface area contributed by atoms with E-state index in [4.69, 9.17) is 49.4 Å². The van der Waals surface area contributed by atoms with Crippen LogP contribution in [0.1, 0.15) is 85.0 Å². The summed E-state index contributed by atoms with van der Waals surface area (Å²) in [5.41, 5.74) is 17.2. The van der Waals surface area contributed by atoms with Crippen molar-refractivity contribution >= 4 is 131 Å². The van der Waals surface area contributed by atoms with E-state index in [0.29, 0.717) is 127 Å². The smallest absolute Gasteiger partial charge is 0.327 e. The maximum atomic E-state index is 12.7. The molecule has 9 aromatic rings. The first-order valence-electron chi connectivity index (χ1n) is 33.7. The molecule has 5 N–H and O–H groups in total. The van der Waals surface area contributed by atoms with Gasteiger partial charge in [0, 0.05) is 105 Å². The molecule has 0 amide bonds. The predicted molar refractivity (Wildman–Crippen MR) is 450 cm³/mol. The number of nitrogens with one attached hydrogen (secondary N) is 1. The minimum absolute atomic E-state index is 0. The van der Waals surface area contributed by atoms with Crippen LogP contribution in [0.15, 0.2) is 168 Å². The number of nitrogens with two attached hydrogens (primary N) is 2. The van der Waals surface area contributed by atoms with E-state index in [-0.39, 0.29) is 75.2 Å². The summed E-state index contributed by atoms with van der Waals surface area (Å²) in [6.07, 6.45) is 5.45. The van der Waals surface area contributed by atoms with Gasteiger partial charge in [0.1, 0.15) is 39.3 Å². The zero-order chi connectivity index (χ0) is 82.9. The van der Waals surface area contributed by atoms with Gasteiger partial charge in [-0.1, -0.05) is 100 Å². The summed E-state index contributed by atoms with van der Waals surface area (Å²) in [5, 5.41) is 21.5. The van der Waals surface area contributed by atoms with Gasteiger partial charge in [0.2, 0.25) is 5.82 Å². The maximum Gasteiger partial charge on any atom is 0.327 e. The molecule has 0 aliphatic rings. The number of hydrogen-bond acceptors (Lipinski definition) is 23. The van der Waals surface area contributed by atoms with Crippen LogP contribution >= 0.6 is 63.7 Å². The molecule has 8 aromatic carbocycles. The largest absolute Gasteiger partial charge is 0.493 e. The molecule has 618 valence electrons. The van der Waals surface area contributed by atoms with Crippen molar-refractivity contribution in [3.63, 3.8) is 0 Å². The van der Waals surface area contributed by atoms with Crippen LogP contribution in [0.5, 0.6) is 46.0 Å². The molecule has 4 atom stereocenters. The Hall–Kier alpha value is -7.67. The van der Waals surface area contributed by atoms with Gasteiger partial charge in [-0.05, 0) is 165 Å². The molecule has 0 radical (unpaired) electrons. The van der Waals surface area contributed by atoms with Gasteiger partial charge in [0.05, 0.1) is 105 Å². The first kappa shape index (κ1) is 99.5. The SMILES string of the molecule is CCOc1cc([C@@H](CS(C)(=O)=O)n2c(=O)[nH]c3cc(Br)ccc32)ccc1OC.CCOc1cc([C@H](Cc2ccc(Br)cc2N)CS(C)(=O)=O)ccc1OC.CCOc1cc([C@H](Cc2ccc(Br)cc2[N+](=O)[O-])CS(C)(=O)=O)ccc1OC.CCOc1cc([C@H](N)CS(C)(=O)=O)ccc1OC.O=[N+]([O-])c1cc(Br)ccc1F.[CH3-].[W]. The van der Waals surface area contributed by atoms with Gasteiger partial charge in [0.25, 0.3) is 5.69 Å². The van der Waals surface area contributed by atoms with Gasteiger partial charge in [-0.25, -0.2) is 38.5 Å². The van der Waals surface area contributed by atoms with Crippen LogP contribution in [0.2, 0.25) is 0 Å². The number of fused-ring (bicyclic) bond motifs is 1. The van der Waals surface area contributed by atoms with Crippen molar-refractivity contribution in [3.05, 3.63) is 241 Å². The molecule has 9 rings (SSSR count). The third-order valence-corrected chi connectivity index (χ3v) is 21.9. The summed E-state index contributed by atoms with van der Waals surface area (Å²) in [6, 6.07) is 39.2. The number of hydrogen-bond donors (Lipinski definition) is 3. The first-order valence-corrected chi connectivity index (χ1v) is 45.2. The van der Waals surface area contributed by atoms with Crippen molar-refractivity contribution in [1.29, 1.82) is 0 Å². The number of nitro groups is 2. The molecule has 27 nitrogen and oxygen atoms in total. The second-order valence-corrected chi connectivity index (χ2v) is 37.3. The number of nitrogen functional groups attached to an aromatic ring is 1. The minimum atomic E-state index is -3.39. The number of imidazole rings is 1. The van der Waals surface area contributed by atoms with E-state index in [1.807, 2.05) is 64.1 Å². The molecule has 1 aromatic heterocycles. The van der Waals surface area contributed by atoms with Gasteiger partial charge >= 0.3 is 11.4 Å². The molecule has 0 fully saturated rings. The topological polar surface area (TPSA) is 387 Å². The maximum absolute atomic E-state index is 12.7. The van der Waals surface area contributed by atoms with Crippen LogP contribution < -0.4 is 55.1 Å². The van der Waals surface area contributed by atoms with Gasteiger partial charge in [-0.15, -0.1) is 0 Å². The molecule has 113 heavy (non-hydrogen) atoms. The summed E-state index contributed by atoms with van der Waals surface area (Å²) < 4.78 is 155. The van der Waals surface area contributed by atoms with Crippen LogP contribution in [-0.2, 0) is 73.3 Å². The standard InChI is InChI=1S/C19H21BrN2O5S.C19H22BrNO6S.C19H24BrNO4S.C12H19NO4S.C6H3BrFNO2.CH3.W/c1-4-27-18-9-12(5-8-17(18)26-2)16(11-28(3,24)25)22-15-7-6-13(20)10-14(15)21-19(22)23;1-4-27-19-10-13(6-8-18(19)26-2)15(12-28(3,24)25)9-14-5-7-16(20)11-17(14)21(22)23;1-4-25-19-10-13(6-8-18(19)24-2)15(12-26(3,22)23)9-14-5-7-16(20)11-17(14)21;1-4-17-12-7-9(5-6-11(12)16-2)10(13)8-18(3,14)15;7-4-1-2-5(8)6(3-4)9(10)11;;/h5-10,16H,4,11H2,1-3H3,(H,21,23);5-8,10-11,15H,4,9,12H2,1-3H3;5-8,10-11,15H,4,9,12,21H2,1-3H3;5-7,10H,4,8,13H2,1-3H3;1-3H;1H3;/q;;;;;-1;/t16-;2*15-;10-;;;/m1111.../s1. The number of sulfone groups is 4. The molecule has 1 heterocycles. The summed E-state index contributed by atoms with van der Waals surface area (Å²) >= 11 is 13.0. The van der Waals surface area contributed by atoms with Crippen molar-refractivity contribution in [1.82, 2.24) is 9.55 Å². The summed E-state index contributed by atoms with van der Waals surface area (Å²) in [5.74, 6) is 2.52. The van der Waals surface area contributed by atoms with Crippen LogP contribution in [0, 0.1) is 33.5 Å². The minimum Gasteiger partial charge on any atom is -0.493 e. The molecule has 0 aliphatic carbocycles. The van der Waals surface area contributed by atoms with Gasteiger partial charge < -0.3 is 61.8 Å². The van der Waals surface area contributed by atoms with Crippen molar-refractivity contribution in [2.45, 2.75) is 64.5 Å². The summed E-state index contributed by atoms with van der Waals surface area (Å²) in [6.45, 7) is 9.29. The summed E-state index contributed by atoms with van der Waals surface area (Å²) in [4.78, 5) is 35.8. The number of methoxy groups -OCH3 is 4. The van der Waals surface area contributed by atoms with E-state index in [1.54, 1.807) is 99.1 Å². The van der Waals surface area contributed by atoms with Crippen molar-refractivity contribution in [2.24, 2.45) is 5.73 Å².